The van der Waals surface area contributed by atoms with Gasteiger partial charge in [-0.3, -0.25) is 4.79 Å². The number of H-pyrrole nitrogens is 1. The number of fused-ring (bicyclic) bond motifs is 1. The number of rotatable bonds is 2. The molecule has 0 bridgehead atoms. The molecular formula is C18H15NO. The molecule has 0 fully saturated rings. The van der Waals surface area contributed by atoms with Crippen LogP contribution in [0.3, 0.4) is 0 Å². The summed E-state index contributed by atoms with van der Waals surface area (Å²) in [6.45, 7) is 2.07. The molecule has 0 atom stereocenters. The zero-order chi connectivity index (χ0) is 13.9. The van der Waals surface area contributed by atoms with Gasteiger partial charge >= 0.3 is 0 Å². The Morgan fingerprint density at radius 1 is 0.950 bits per heavy atom. The summed E-state index contributed by atoms with van der Waals surface area (Å²) in [6, 6.07) is 17.4. The Hall–Kier alpha value is -2.61. The number of pyridine rings is 1. The van der Waals surface area contributed by atoms with Crippen LogP contribution in [-0.4, -0.2) is 4.98 Å². The first-order valence-electron chi connectivity index (χ1n) is 6.60. The van der Waals surface area contributed by atoms with Crippen LogP contribution in [0.1, 0.15) is 16.8 Å². The van der Waals surface area contributed by atoms with Gasteiger partial charge in [-0.2, -0.15) is 0 Å². The summed E-state index contributed by atoms with van der Waals surface area (Å²) in [5, 5.41) is 0.723. The summed E-state index contributed by atoms with van der Waals surface area (Å²) in [5.41, 5.74) is 4.10. The number of nitrogens with one attached hydrogen (secondary N) is 1. The molecule has 0 amide bonds. The number of benzene rings is 2. The van der Waals surface area contributed by atoms with Crippen LogP contribution in [0.4, 0.5) is 0 Å². The molecule has 0 unspecified atom stereocenters. The summed E-state index contributed by atoms with van der Waals surface area (Å²) >= 11 is 0. The second kappa shape index (κ2) is 5.17. The lowest BCUT2D eigenvalue weighted by atomic mass is 10.1. The van der Waals surface area contributed by atoms with Crippen molar-refractivity contribution in [1.82, 2.24) is 4.98 Å². The second-order valence-corrected chi connectivity index (χ2v) is 4.82. The first kappa shape index (κ1) is 12.4. The normalized spacial score (nSPS) is 11.2. The van der Waals surface area contributed by atoms with E-state index in [1.165, 1.54) is 5.56 Å². The number of hydrogen-bond acceptors (Lipinski definition) is 1. The first-order valence-corrected chi connectivity index (χ1v) is 6.60. The molecule has 0 saturated carbocycles. The number of para-hydroxylation sites is 1. The fourth-order valence-corrected chi connectivity index (χ4v) is 2.26. The highest BCUT2D eigenvalue weighted by molar-refractivity contribution is 5.80. The van der Waals surface area contributed by atoms with Crippen LogP contribution in [0.5, 0.6) is 0 Å². The second-order valence-electron chi connectivity index (χ2n) is 4.82. The number of aryl methyl sites for hydroxylation is 1. The molecule has 3 aromatic rings. The van der Waals surface area contributed by atoms with Gasteiger partial charge in [-0.1, -0.05) is 42.5 Å². The number of aromatic amines is 1. The Labute approximate surface area is 117 Å². The third kappa shape index (κ3) is 2.41. The van der Waals surface area contributed by atoms with E-state index in [1.807, 2.05) is 48.6 Å². The SMILES string of the molecule is Cc1ccccc1C=Cc1cc(=O)c2ccccc2[nH]1. The van der Waals surface area contributed by atoms with E-state index in [2.05, 4.69) is 24.0 Å². The van der Waals surface area contributed by atoms with E-state index in [0.29, 0.717) is 0 Å². The molecule has 2 heteroatoms. The van der Waals surface area contributed by atoms with Gasteiger partial charge in [0.1, 0.15) is 0 Å². The maximum absolute atomic E-state index is 12.0. The lowest BCUT2D eigenvalue weighted by Gasteiger charge is -2.01. The van der Waals surface area contributed by atoms with Crippen molar-refractivity contribution >= 4 is 23.1 Å². The van der Waals surface area contributed by atoms with Crippen molar-refractivity contribution in [2.75, 3.05) is 0 Å². The molecule has 0 spiro atoms. The molecule has 1 aromatic heterocycles. The summed E-state index contributed by atoms with van der Waals surface area (Å²) in [4.78, 5) is 15.3. The minimum atomic E-state index is 0.0452. The average Bonchev–Trinajstić information content (AvgIpc) is 2.46. The van der Waals surface area contributed by atoms with Gasteiger partial charge in [0.2, 0.25) is 0 Å². The molecule has 98 valence electrons. The van der Waals surface area contributed by atoms with Crippen LogP contribution < -0.4 is 5.43 Å². The average molecular weight is 261 g/mol. The third-order valence-corrected chi connectivity index (χ3v) is 3.39. The zero-order valence-electron chi connectivity index (χ0n) is 11.3. The Bertz CT molecular complexity index is 843. The van der Waals surface area contributed by atoms with Crippen molar-refractivity contribution in [2.24, 2.45) is 0 Å². The fraction of sp³-hybridized carbons (Fsp3) is 0.0556. The van der Waals surface area contributed by atoms with E-state index < -0.39 is 0 Å². The van der Waals surface area contributed by atoms with Crippen molar-refractivity contribution in [3.05, 3.63) is 81.6 Å². The van der Waals surface area contributed by atoms with Crippen LogP contribution in [0.25, 0.3) is 23.1 Å². The van der Waals surface area contributed by atoms with Gasteiger partial charge < -0.3 is 4.98 Å². The molecule has 2 aromatic carbocycles. The minimum absolute atomic E-state index is 0.0452. The molecular weight excluding hydrogens is 246 g/mol. The van der Waals surface area contributed by atoms with Gasteiger partial charge in [-0.05, 0) is 36.3 Å². The van der Waals surface area contributed by atoms with Gasteiger partial charge in [0.05, 0.1) is 0 Å². The largest absolute Gasteiger partial charge is 0.355 e. The molecule has 0 aliphatic heterocycles. The quantitative estimate of drug-likeness (QED) is 0.743. The van der Waals surface area contributed by atoms with Gasteiger partial charge in [0, 0.05) is 22.7 Å². The van der Waals surface area contributed by atoms with Crippen molar-refractivity contribution < 1.29 is 0 Å². The van der Waals surface area contributed by atoms with E-state index in [9.17, 15) is 4.79 Å². The standard InChI is InChI=1S/C18H15NO/c1-13-6-2-3-7-14(13)10-11-15-12-18(20)16-8-4-5-9-17(16)19-15/h2-12H,1H3,(H,19,20). The van der Waals surface area contributed by atoms with Gasteiger partial charge in [-0.15, -0.1) is 0 Å². The minimum Gasteiger partial charge on any atom is -0.355 e. The lowest BCUT2D eigenvalue weighted by Crippen LogP contribution is -2.02. The Morgan fingerprint density at radius 2 is 1.70 bits per heavy atom. The van der Waals surface area contributed by atoms with Crippen LogP contribution in [0.15, 0.2) is 59.4 Å². The van der Waals surface area contributed by atoms with Crippen LogP contribution in [0, 0.1) is 6.92 Å². The predicted octanol–water partition coefficient (Wildman–Crippen LogP) is 4.01. The molecule has 2 nitrogen and oxygen atoms in total. The summed E-state index contributed by atoms with van der Waals surface area (Å²) in [7, 11) is 0. The van der Waals surface area contributed by atoms with Crippen molar-refractivity contribution in [3.63, 3.8) is 0 Å². The highest BCUT2D eigenvalue weighted by Crippen LogP contribution is 2.12. The van der Waals surface area contributed by atoms with E-state index in [-0.39, 0.29) is 5.43 Å². The first-order chi connectivity index (χ1) is 9.74. The monoisotopic (exact) mass is 261 g/mol. The van der Waals surface area contributed by atoms with Gasteiger partial charge in [0.15, 0.2) is 5.43 Å². The number of aromatic nitrogens is 1. The summed E-state index contributed by atoms with van der Waals surface area (Å²) in [6.07, 6.45) is 3.96. The van der Waals surface area contributed by atoms with Crippen LogP contribution >= 0.6 is 0 Å². The van der Waals surface area contributed by atoms with Crippen LogP contribution in [-0.2, 0) is 0 Å². The maximum atomic E-state index is 12.0. The molecule has 0 aliphatic rings. The Balaban J connectivity index is 2.04. The van der Waals surface area contributed by atoms with E-state index >= 15 is 0 Å². The fourth-order valence-electron chi connectivity index (χ4n) is 2.26. The molecule has 20 heavy (non-hydrogen) atoms. The van der Waals surface area contributed by atoms with Crippen molar-refractivity contribution in [3.8, 4) is 0 Å². The lowest BCUT2D eigenvalue weighted by molar-refractivity contribution is 1.35. The van der Waals surface area contributed by atoms with Crippen molar-refractivity contribution in [2.45, 2.75) is 6.92 Å². The smallest absolute Gasteiger partial charge is 0.189 e. The summed E-state index contributed by atoms with van der Waals surface area (Å²) < 4.78 is 0. The highest BCUT2D eigenvalue weighted by atomic mass is 16.1. The molecule has 3 rings (SSSR count). The molecule has 0 saturated heterocycles. The Morgan fingerprint density at radius 3 is 2.55 bits per heavy atom. The van der Waals surface area contributed by atoms with Gasteiger partial charge in [-0.25, -0.2) is 0 Å². The van der Waals surface area contributed by atoms with E-state index in [0.717, 1.165) is 22.2 Å². The van der Waals surface area contributed by atoms with E-state index in [4.69, 9.17) is 0 Å². The van der Waals surface area contributed by atoms with Gasteiger partial charge in [0.25, 0.3) is 0 Å². The molecule has 1 N–H and O–H groups in total. The predicted molar refractivity (Wildman–Crippen MR) is 84.7 cm³/mol. The van der Waals surface area contributed by atoms with Crippen LogP contribution in [0.2, 0.25) is 0 Å². The third-order valence-electron chi connectivity index (χ3n) is 3.39. The zero-order valence-corrected chi connectivity index (χ0v) is 11.3. The molecule has 1 heterocycles. The summed E-state index contributed by atoms with van der Waals surface area (Å²) in [5.74, 6) is 0. The highest BCUT2D eigenvalue weighted by Gasteiger charge is 1.99. The Kier molecular flexibility index (Phi) is 3.21. The molecule has 0 radical (unpaired) electrons. The molecule has 0 aliphatic carbocycles. The van der Waals surface area contributed by atoms with E-state index in [1.54, 1.807) is 6.07 Å². The number of hydrogen-bond donors (Lipinski definition) is 1. The topological polar surface area (TPSA) is 32.9 Å². The van der Waals surface area contributed by atoms with Crippen molar-refractivity contribution in [1.29, 1.82) is 0 Å². The maximum Gasteiger partial charge on any atom is 0.189 e.